The Morgan fingerprint density at radius 1 is 1.33 bits per heavy atom. The molecule has 1 aliphatic heterocycles. The lowest BCUT2D eigenvalue weighted by atomic mass is 10.1. The summed E-state index contributed by atoms with van der Waals surface area (Å²) in [4.78, 5) is 8.84. The highest BCUT2D eigenvalue weighted by Gasteiger charge is 2.11. The van der Waals surface area contributed by atoms with Crippen molar-refractivity contribution in [2.75, 3.05) is 6.54 Å². The van der Waals surface area contributed by atoms with Crippen LogP contribution in [0.2, 0.25) is 0 Å². The van der Waals surface area contributed by atoms with Gasteiger partial charge in [-0.05, 0) is 37.9 Å². The summed E-state index contributed by atoms with van der Waals surface area (Å²) in [6, 6.07) is 6.39. The summed E-state index contributed by atoms with van der Waals surface area (Å²) in [6.07, 6.45) is 7.47. The first kappa shape index (κ1) is 13.0. The Morgan fingerprint density at radius 3 is 3.11 bits per heavy atom. The summed E-state index contributed by atoms with van der Waals surface area (Å²) < 4.78 is 0. The molecule has 2 heterocycles. The molecule has 3 N–H and O–H groups in total. The number of nitrogens with one attached hydrogen (secondary N) is 1. The molecule has 0 aliphatic carbocycles. The largest absolute Gasteiger partial charge is 0.387 e. The highest BCUT2D eigenvalue weighted by atomic mass is 14.9. The molecule has 1 aliphatic rings. The van der Waals surface area contributed by atoms with E-state index in [1.54, 1.807) is 0 Å². The molecule has 4 nitrogen and oxygen atoms in total. The molecule has 0 saturated carbocycles. The summed E-state index contributed by atoms with van der Waals surface area (Å²) in [5, 5.41) is 3.41. The van der Waals surface area contributed by atoms with Crippen LogP contribution in [0.1, 0.15) is 37.8 Å². The molecular formula is C14H22N4. The summed E-state index contributed by atoms with van der Waals surface area (Å²) in [7, 11) is 0. The predicted octanol–water partition coefficient (Wildman–Crippen LogP) is 1.86. The van der Waals surface area contributed by atoms with Crippen molar-refractivity contribution in [1.29, 1.82) is 0 Å². The minimum Gasteiger partial charge on any atom is -0.387 e. The average Bonchev–Trinajstić information content (AvgIpc) is 2.60. The quantitative estimate of drug-likeness (QED) is 0.779. The van der Waals surface area contributed by atoms with E-state index in [1.807, 2.05) is 24.4 Å². The molecule has 0 amide bonds. The van der Waals surface area contributed by atoms with E-state index in [0.29, 0.717) is 6.04 Å². The van der Waals surface area contributed by atoms with Crippen LogP contribution in [0.25, 0.3) is 0 Å². The third-order valence-corrected chi connectivity index (χ3v) is 3.26. The number of hydrogen-bond acceptors (Lipinski definition) is 4. The fourth-order valence-electron chi connectivity index (χ4n) is 2.25. The minimum absolute atomic E-state index is 0.406. The monoisotopic (exact) mass is 246 g/mol. The highest BCUT2D eigenvalue weighted by Crippen LogP contribution is 2.14. The summed E-state index contributed by atoms with van der Waals surface area (Å²) in [6.45, 7) is 1.80. The molecule has 0 aromatic carbocycles. The van der Waals surface area contributed by atoms with Crippen molar-refractivity contribution < 1.29 is 0 Å². The van der Waals surface area contributed by atoms with Gasteiger partial charge in [-0.25, -0.2) is 0 Å². The number of aromatic nitrogens is 1. The summed E-state index contributed by atoms with van der Waals surface area (Å²) >= 11 is 0. The van der Waals surface area contributed by atoms with E-state index in [-0.39, 0.29) is 0 Å². The van der Waals surface area contributed by atoms with E-state index < -0.39 is 0 Å². The lowest BCUT2D eigenvalue weighted by Crippen LogP contribution is -2.21. The van der Waals surface area contributed by atoms with Crippen molar-refractivity contribution in [1.82, 2.24) is 10.3 Å². The Bertz CT molecular complexity index is 375. The van der Waals surface area contributed by atoms with Crippen molar-refractivity contribution in [2.24, 2.45) is 10.7 Å². The first-order valence-corrected chi connectivity index (χ1v) is 6.77. The maximum absolute atomic E-state index is 5.84. The molecule has 0 spiro atoms. The van der Waals surface area contributed by atoms with Crippen LogP contribution in [0.5, 0.6) is 0 Å². The average molecular weight is 246 g/mol. The van der Waals surface area contributed by atoms with Crippen LogP contribution in [0.4, 0.5) is 0 Å². The van der Waals surface area contributed by atoms with Gasteiger partial charge in [0.05, 0.1) is 17.6 Å². The van der Waals surface area contributed by atoms with Crippen molar-refractivity contribution in [3.63, 3.8) is 0 Å². The molecule has 4 heteroatoms. The lowest BCUT2D eigenvalue weighted by molar-refractivity contribution is 0.522. The molecule has 0 radical (unpaired) electrons. The number of amidine groups is 1. The third kappa shape index (κ3) is 4.45. The minimum atomic E-state index is 0.406. The predicted molar refractivity (Wildman–Crippen MR) is 74.4 cm³/mol. The molecule has 2 rings (SSSR count). The van der Waals surface area contributed by atoms with Gasteiger partial charge in [-0.2, -0.15) is 0 Å². The number of aliphatic imine (C=N–C) groups is 1. The van der Waals surface area contributed by atoms with Crippen molar-refractivity contribution >= 4 is 5.84 Å². The van der Waals surface area contributed by atoms with Gasteiger partial charge in [0, 0.05) is 19.2 Å². The molecule has 18 heavy (non-hydrogen) atoms. The van der Waals surface area contributed by atoms with E-state index >= 15 is 0 Å². The smallest absolute Gasteiger partial charge is 0.0940 e. The fourth-order valence-corrected chi connectivity index (χ4v) is 2.25. The van der Waals surface area contributed by atoms with Crippen molar-refractivity contribution in [2.45, 2.75) is 44.7 Å². The van der Waals surface area contributed by atoms with E-state index in [2.05, 4.69) is 15.3 Å². The number of rotatable bonds is 5. The van der Waals surface area contributed by atoms with E-state index in [1.165, 1.54) is 19.3 Å². The molecule has 1 aromatic heterocycles. The zero-order valence-corrected chi connectivity index (χ0v) is 10.8. The van der Waals surface area contributed by atoms with Gasteiger partial charge in [0.15, 0.2) is 0 Å². The van der Waals surface area contributed by atoms with Gasteiger partial charge >= 0.3 is 0 Å². The summed E-state index contributed by atoms with van der Waals surface area (Å²) in [5.41, 5.74) is 6.92. The van der Waals surface area contributed by atoms with Crippen molar-refractivity contribution in [3.05, 3.63) is 30.1 Å². The Kier molecular flexibility index (Phi) is 5.15. The molecule has 0 saturated heterocycles. The third-order valence-electron chi connectivity index (χ3n) is 3.26. The van der Waals surface area contributed by atoms with Gasteiger partial charge < -0.3 is 11.1 Å². The standard InChI is InChI=1S/C14H22N4/c15-14-7-2-1-5-12(18-14)8-10-16-11-13-6-3-4-9-17-13/h3-4,6,9,12,16H,1-2,5,7-8,10-11H2,(H2,15,18). The van der Waals surface area contributed by atoms with E-state index in [9.17, 15) is 0 Å². The van der Waals surface area contributed by atoms with Crippen LogP contribution >= 0.6 is 0 Å². The number of hydrogen-bond donors (Lipinski definition) is 2. The second kappa shape index (κ2) is 7.11. The van der Waals surface area contributed by atoms with Crippen LogP contribution in [0.3, 0.4) is 0 Å². The molecule has 98 valence electrons. The van der Waals surface area contributed by atoms with Crippen LogP contribution in [0.15, 0.2) is 29.4 Å². The van der Waals surface area contributed by atoms with Crippen LogP contribution in [-0.2, 0) is 6.54 Å². The van der Waals surface area contributed by atoms with Crippen molar-refractivity contribution in [3.8, 4) is 0 Å². The number of nitrogens with two attached hydrogens (primary N) is 1. The second-order valence-electron chi connectivity index (χ2n) is 4.81. The maximum Gasteiger partial charge on any atom is 0.0940 e. The molecule has 1 atom stereocenters. The zero-order valence-electron chi connectivity index (χ0n) is 10.8. The lowest BCUT2D eigenvalue weighted by Gasteiger charge is -2.11. The molecule has 1 aromatic rings. The van der Waals surface area contributed by atoms with Gasteiger partial charge in [-0.1, -0.05) is 12.5 Å². The molecule has 0 bridgehead atoms. The van der Waals surface area contributed by atoms with Crippen LogP contribution < -0.4 is 11.1 Å². The van der Waals surface area contributed by atoms with Gasteiger partial charge in [0.1, 0.15) is 0 Å². The Morgan fingerprint density at radius 2 is 2.28 bits per heavy atom. The van der Waals surface area contributed by atoms with E-state index in [4.69, 9.17) is 5.73 Å². The first-order chi connectivity index (χ1) is 8.84. The highest BCUT2D eigenvalue weighted by molar-refractivity contribution is 5.80. The normalized spacial score (nSPS) is 20.2. The number of pyridine rings is 1. The van der Waals surface area contributed by atoms with Crippen LogP contribution in [-0.4, -0.2) is 23.4 Å². The first-order valence-electron chi connectivity index (χ1n) is 6.77. The molecular weight excluding hydrogens is 224 g/mol. The zero-order chi connectivity index (χ0) is 12.6. The van der Waals surface area contributed by atoms with Gasteiger partial charge in [0.25, 0.3) is 0 Å². The van der Waals surface area contributed by atoms with Gasteiger partial charge in [-0.15, -0.1) is 0 Å². The van der Waals surface area contributed by atoms with E-state index in [0.717, 1.165) is 37.5 Å². The Labute approximate surface area is 109 Å². The topological polar surface area (TPSA) is 63.3 Å². The number of nitrogens with zero attached hydrogens (tertiary/aromatic N) is 2. The summed E-state index contributed by atoms with van der Waals surface area (Å²) in [5.74, 6) is 0.835. The van der Waals surface area contributed by atoms with Gasteiger partial charge in [-0.3, -0.25) is 9.98 Å². The second-order valence-corrected chi connectivity index (χ2v) is 4.81. The fraction of sp³-hybridized carbons (Fsp3) is 0.571. The Hall–Kier alpha value is -1.42. The molecule has 1 unspecified atom stereocenters. The SMILES string of the molecule is NC1=NC(CCNCc2ccccn2)CCCC1. The Balaban J connectivity index is 1.67. The maximum atomic E-state index is 5.84. The van der Waals surface area contributed by atoms with Gasteiger partial charge in [0.2, 0.25) is 0 Å². The molecule has 0 fully saturated rings. The van der Waals surface area contributed by atoms with Crippen LogP contribution in [0, 0.1) is 0 Å².